The number of hydrogen-bond acceptors (Lipinski definition) is 5. The van der Waals surface area contributed by atoms with Crippen molar-refractivity contribution in [2.75, 3.05) is 11.3 Å². The number of aromatic nitrogens is 1. The molecule has 25 heavy (non-hydrogen) atoms. The number of para-hydroxylation sites is 1. The molecule has 0 saturated carbocycles. The van der Waals surface area contributed by atoms with Crippen molar-refractivity contribution in [3.05, 3.63) is 66.4 Å². The van der Waals surface area contributed by atoms with Crippen LogP contribution in [0.2, 0.25) is 0 Å². The fourth-order valence-corrected chi connectivity index (χ4v) is 3.41. The van der Waals surface area contributed by atoms with Gasteiger partial charge in [0.05, 0.1) is 22.7 Å². The Hall–Kier alpha value is -2.48. The van der Waals surface area contributed by atoms with Crippen molar-refractivity contribution in [2.24, 2.45) is 0 Å². The number of fused-ring (bicyclic) bond motifs is 1. The third-order valence-electron chi connectivity index (χ3n) is 3.54. The fourth-order valence-electron chi connectivity index (χ4n) is 2.35. The Morgan fingerprint density at radius 2 is 1.76 bits per heavy atom. The van der Waals surface area contributed by atoms with Gasteiger partial charge in [0.25, 0.3) is 10.0 Å². The van der Waals surface area contributed by atoms with Crippen molar-refractivity contribution in [2.45, 2.75) is 18.4 Å². The van der Waals surface area contributed by atoms with Gasteiger partial charge in [0.15, 0.2) is 0 Å². The van der Waals surface area contributed by atoms with E-state index in [1.165, 1.54) is 12.1 Å². The minimum absolute atomic E-state index is 0.167. The van der Waals surface area contributed by atoms with E-state index in [1.807, 2.05) is 25.1 Å². The molecule has 0 bridgehead atoms. The van der Waals surface area contributed by atoms with Gasteiger partial charge in [0.1, 0.15) is 6.61 Å². The first-order chi connectivity index (χ1) is 12.1. The summed E-state index contributed by atoms with van der Waals surface area (Å²) < 4.78 is 27.8. The van der Waals surface area contributed by atoms with Gasteiger partial charge < -0.3 is 0 Å². The number of nitrogens with zero attached hydrogens (tertiary/aromatic N) is 1. The van der Waals surface area contributed by atoms with Gasteiger partial charge in [-0.05, 0) is 36.8 Å². The predicted octanol–water partition coefficient (Wildman–Crippen LogP) is 3.50. The van der Waals surface area contributed by atoms with Crippen LogP contribution >= 0.6 is 0 Å². The van der Waals surface area contributed by atoms with Gasteiger partial charge in [-0.3, -0.25) is 9.71 Å². The lowest BCUT2D eigenvalue weighted by atomic mass is 10.2. The van der Waals surface area contributed by atoms with E-state index >= 15 is 0 Å². The number of benzene rings is 2. The maximum Gasteiger partial charge on any atom is 0.261 e. The number of hydrogen-bond donors (Lipinski definition) is 1. The summed E-state index contributed by atoms with van der Waals surface area (Å²) in [5.74, 6) is 0. The van der Waals surface area contributed by atoms with Gasteiger partial charge in [0.2, 0.25) is 0 Å². The molecular formula is C18H18N2O4S. The molecule has 1 aromatic heterocycles. The van der Waals surface area contributed by atoms with Crippen LogP contribution in [0.1, 0.15) is 12.5 Å². The van der Waals surface area contributed by atoms with Crippen LogP contribution in [0.15, 0.2) is 65.7 Å². The molecule has 130 valence electrons. The standard InChI is InChI=1S/C18H18N2O4S/c1-2-23-24-13-14-8-10-16(11-9-14)25(21,22)20-17-7-3-5-15-6-4-12-19-18(15)17/h3-12,20H,2,13H2,1H3. The Morgan fingerprint density at radius 1 is 1.00 bits per heavy atom. The lowest BCUT2D eigenvalue weighted by molar-refractivity contribution is -0.300. The largest absolute Gasteiger partial charge is 0.277 e. The lowest BCUT2D eigenvalue weighted by Gasteiger charge is -2.10. The second kappa shape index (κ2) is 7.60. The maximum absolute atomic E-state index is 12.6. The summed E-state index contributed by atoms with van der Waals surface area (Å²) in [6, 6.07) is 15.5. The average molecular weight is 358 g/mol. The Balaban J connectivity index is 1.81. The molecule has 0 unspecified atom stereocenters. The van der Waals surface area contributed by atoms with E-state index in [4.69, 9.17) is 9.78 Å². The zero-order valence-electron chi connectivity index (χ0n) is 13.7. The minimum atomic E-state index is -3.71. The first-order valence-corrected chi connectivity index (χ1v) is 9.28. The van der Waals surface area contributed by atoms with Crippen LogP contribution in [0.4, 0.5) is 5.69 Å². The van der Waals surface area contributed by atoms with Crippen LogP contribution in [0.25, 0.3) is 10.9 Å². The second-order valence-corrected chi connectivity index (χ2v) is 6.98. The van der Waals surface area contributed by atoms with E-state index in [9.17, 15) is 8.42 Å². The number of pyridine rings is 1. The van der Waals surface area contributed by atoms with E-state index < -0.39 is 10.0 Å². The lowest BCUT2D eigenvalue weighted by Crippen LogP contribution is -2.13. The van der Waals surface area contributed by atoms with Crippen LogP contribution in [0.5, 0.6) is 0 Å². The van der Waals surface area contributed by atoms with E-state index in [2.05, 4.69) is 9.71 Å². The molecule has 0 radical (unpaired) electrons. The van der Waals surface area contributed by atoms with Gasteiger partial charge >= 0.3 is 0 Å². The highest BCUT2D eigenvalue weighted by Gasteiger charge is 2.15. The minimum Gasteiger partial charge on any atom is -0.277 e. The number of rotatable bonds is 7. The third-order valence-corrected chi connectivity index (χ3v) is 4.92. The van der Waals surface area contributed by atoms with Gasteiger partial charge in [-0.1, -0.05) is 30.3 Å². The average Bonchev–Trinajstić information content (AvgIpc) is 2.62. The SMILES string of the molecule is CCOOCc1ccc(S(=O)(=O)Nc2cccc3cccnc23)cc1. The first kappa shape index (κ1) is 17.3. The second-order valence-electron chi connectivity index (χ2n) is 5.30. The fraction of sp³-hybridized carbons (Fsp3) is 0.167. The van der Waals surface area contributed by atoms with Crippen molar-refractivity contribution in [1.29, 1.82) is 0 Å². The van der Waals surface area contributed by atoms with Crippen molar-refractivity contribution in [3.8, 4) is 0 Å². The summed E-state index contributed by atoms with van der Waals surface area (Å²) in [6.45, 7) is 2.54. The van der Waals surface area contributed by atoms with Crippen molar-refractivity contribution in [3.63, 3.8) is 0 Å². The summed E-state index contributed by atoms with van der Waals surface area (Å²) >= 11 is 0. The Labute approximate surface area is 146 Å². The molecule has 0 aliphatic rings. The number of nitrogens with one attached hydrogen (secondary N) is 1. The van der Waals surface area contributed by atoms with Gasteiger partial charge in [-0.15, -0.1) is 0 Å². The summed E-state index contributed by atoms with van der Waals surface area (Å²) in [6.07, 6.45) is 1.63. The quantitative estimate of drug-likeness (QED) is 0.397. The van der Waals surface area contributed by atoms with Crippen LogP contribution in [-0.2, 0) is 26.4 Å². The van der Waals surface area contributed by atoms with Crippen molar-refractivity contribution < 1.29 is 18.2 Å². The normalized spacial score (nSPS) is 11.6. The van der Waals surface area contributed by atoms with Crippen LogP contribution in [-0.4, -0.2) is 20.0 Å². The van der Waals surface area contributed by atoms with Crippen LogP contribution in [0, 0.1) is 0 Å². The topological polar surface area (TPSA) is 77.5 Å². The molecule has 0 fully saturated rings. The summed E-state index contributed by atoms with van der Waals surface area (Å²) in [4.78, 5) is 14.2. The molecule has 1 heterocycles. The highest BCUT2D eigenvalue weighted by molar-refractivity contribution is 7.92. The molecule has 3 aromatic rings. The Bertz CT molecular complexity index is 951. The van der Waals surface area contributed by atoms with Crippen molar-refractivity contribution >= 4 is 26.6 Å². The van der Waals surface area contributed by atoms with E-state index in [1.54, 1.807) is 30.5 Å². The van der Waals surface area contributed by atoms with E-state index in [0.29, 0.717) is 17.8 Å². The van der Waals surface area contributed by atoms with Gasteiger partial charge in [-0.2, -0.15) is 0 Å². The molecule has 1 N–H and O–H groups in total. The Morgan fingerprint density at radius 3 is 2.52 bits per heavy atom. The highest BCUT2D eigenvalue weighted by atomic mass is 32.2. The molecule has 0 atom stereocenters. The highest BCUT2D eigenvalue weighted by Crippen LogP contribution is 2.24. The zero-order chi connectivity index (χ0) is 17.7. The number of sulfonamides is 1. The summed E-state index contributed by atoms with van der Waals surface area (Å²) in [7, 11) is -3.71. The van der Waals surface area contributed by atoms with Crippen molar-refractivity contribution in [1.82, 2.24) is 4.98 Å². The molecule has 0 spiro atoms. The molecule has 6 nitrogen and oxygen atoms in total. The molecule has 3 rings (SSSR count). The zero-order valence-corrected chi connectivity index (χ0v) is 14.5. The first-order valence-electron chi connectivity index (χ1n) is 7.80. The third kappa shape index (κ3) is 4.14. The molecule has 0 aliphatic carbocycles. The van der Waals surface area contributed by atoms with E-state index in [-0.39, 0.29) is 11.5 Å². The smallest absolute Gasteiger partial charge is 0.261 e. The number of anilines is 1. The molecule has 7 heteroatoms. The molecular weight excluding hydrogens is 340 g/mol. The van der Waals surface area contributed by atoms with Crippen LogP contribution in [0.3, 0.4) is 0 Å². The maximum atomic E-state index is 12.6. The Kier molecular flexibility index (Phi) is 5.28. The molecule has 2 aromatic carbocycles. The predicted molar refractivity (Wildman–Crippen MR) is 95.4 cm³/mol. The monoisotopic (exact) mass is 358 g/mol. The molecule has 0 aliphatic heterocycles. The van der Waals surface area contributed by atoms with E-state index in [0.717, 1.165) is 10.9 Å². The van der Waals surface area contributed by atoms with Gasteiger partial charge in [-0.25, -0.2) is 18.2 Å². The molecule has 0 amide bonds. The summed E-state index contributed by atoms with van der Waals surface area (Å²) in [5.41, 5.74) is 1.87. The van der Waals surface area contributed by atoms with Gasteiger partial charge in [0, 0.05) is 11.6 Å². The molecule has 0 saturated heterocycles. The van der Waals surface area contributed by atoms with Crippen LogP contribution < -0.4 is 4.72 Å². The summed E-state index contributed by atoms with van der Waals surface area (Å²) in [5, 5.41) is 0.867.